The first-order chi connectivity index (χ1) is 11.7. The average molecular weight is 350 g/mol. The van der Waals surface area contributed by atoms with Crippen molar-refractivity contribution in [3.8, 4) is 0 Å². The number of carbonyl (C=O) groups excluding carboxylic acids is 2. The Kier molecular flexibility index (Phi) is 7.19. The maximum absolute atomic E-state index is 12.3. The average Bonchev–Trinajstić information content (AvgIpc) is 2.51. The van der Waals surface area contributed by atoms with Crippen LogP contribution in [0.15, 0.2) is 23.2 Å². The molecule has 0 aromatic heterocycles. The number of nitrogen functional groups attached to an aromatic ring is 1. The van der Waals surface area contributed by atoms with E-state index in [1.165, 1.54) is 25.1 Å². The number of aliphatic carboxylic acids is 1. The van der Waals surface area contributed by atoms with E-state index in [0.29, 0.717) is 12.1 Å². The second-order valence-corrected chi connectivity index (χ2v) is 5.30. The Balaban J connectivity index is 2.78. The number of guanidine groups is 1. The van der Waals surface area contributed by atoms with E-state index in [0.717, 1.165) is 0 Å². The van der Waals surface area contributed by atoms with E-state index in [1.54, 1.807) is 0 Å². The zero-order valence-electron chi connectivity index (χ0n) is 13.8. The lowest BCUT2D eigenvalue weighted by Crippen LogP contribution is -2.41. The van der Waals surface area contributed by atoms with Gasteiger partial charge in [0.05, 0.1) is 11.4 Å². The minimum Gasteiger partial charge on any atom is -0.480 e. The maximum Gasteiger partial charge on any atom is 0.326 e. The molecule has 0 saturated heterocycles. The number of benzene rings is 1. The Hall–Kier alpha value is -3.30. The van der Waals surface area contributed by atoms with Crippen LogP contribution in [0.5, 0.6) is 0 Å². The number of carboxylic acid groups (broad SMARTS) is 1. The van der Waals surface area contributed by atoms with Crippen molar-refractivity contribution >= 4 is 35.1 Å². The SMILES string of the molecule is CC(=O)Nc1cc(C(=O)NC(CCCN=C(N)N)C(=O)O)ccc1N. The molecule has 9 N–H and O–H groups in total. The predicted molar refractivity (Wildman–Crippen MR) is 94.0 cm³/mol. The number of carbonyl (C=O) groups is 3. The van der Waals surface area contributed by atoms with E-state index < -0.39 is 17.9 Å². The second kappa shape index (κ2) is 9.11. The maximum atomic E-state index is 12.3. The molecule has 0 aliphatic carbocycles. The third-order valence-electron chi connectivity index (χ3n) is 3.17. The third-order valence-corrected chi connectivity index (χ3v) is 3.17. The number of nitrogens with zero attached hydrogens (tertiary/aromatic N) is 1. The van der Waals surface area contributed by atoms with E-state index in [9.17, 15) is 19.5 Å². The highest BCUT2D eigenvalue weighted by atomic mass is 16.4. The summed E-state index contributed by atoms with van der Waals surface area (Å²) in [6.07, 6.45) is 0.541. The summed E-state index contributed by atoms with van der Waals surface area (Å²) < 4.78 is 0. The number of anilines is 2. The lowest BCUT2D eigenvalue weighted by atomic mass is 10.1. The van der Waals surface area contributed by atoms with Gasteiger partial charge in [0.2, 0.25) is 5.91 Å². The van der Waals surface area contributed by atoms with Crippen LogP contribution in [0.4, 0.5) is 11.4 Å². The lowest BCUT2D eigenvalue weighted by molar-refractivity contribution is -0.139. The summed E-state index contributed by atoms with van der Waals surface area (Å²) in [5.74, 6) is -2.19. The highest BCUT2D eigenvalue weighted by molar-refractivity contribution is 6.00. The van der Waals surface area contributed by atoms with Crippen molar-refractivity contribution in [1.82, 2.24) is 5.32 Å². The van der Waals surface area contributed by atoms with Gasteiger partial charge < -0.3 is 32.9 Å². The van der Waals surface area contributed by atoms with Crippen molar-refractivity contribution in [2.75, 3.05) is 17.6 Å². The largest absolute Gasteiger partial charge is 0.480 e. The molecule has 1 atom stereocenters. The van der Waals surface area contributed by atoms with Crippen LogP contribution in [-0.2, 0) is 9.59 Å². The van der Waals surface area contributed by atoms with Gasteiger partial charge in [-0.3, -0.25) is 14.6 Å². The van der Waals surface area contributed by atoms with Gasteiger partial charge in [-0.2, -0.15) is 0 Å². The minimum atomic E-state index is -1.17. The fraction of sp³-hybridized carbons (Fsp3) is 0.333. The summed E-state index contributed by atoms with van der Waals surface area (Å²) in [5, 5.41) is 14.1. The monoisotopic (exact) mass is 350 g/mol. The molecule has 10 heteroatoms. The van der Waals surface area contributed by atoms with Gasteiger partial charge >= 0.3 is 5.97 Å². The lowest BCUT2D eigenvalue weighted by Gasteiger charge is -2.15. The predicted octanol–water partition coefficient (Wildman–Crippen LogP) is -0.536. The van der Waals surface area contributed by atoms with E-state index in [2.05, 4.69) is 15.6 Å². The van der Waals surface area contributed by atoms with Gasteiger partial charge in [0.25, 0.3) is 5.91 Å². The van der Waals surface area contributed by atoms with Crippen LogP contribution in [0.3, 0.4) is 0 Å². The molecule has 1 unspecified atom stereocenters. The molecule has 2 amide bonds. The summed E-state index contributed by atoms with van der Waals surface area (Å²) in [4.78, 5) is 38.4. The molecule has 0 aliphatic rings. The number of rotatable bonds is 8. The highest BCUT2D eigenvalue weighted by Crippen LogP contribution is 2.20. The summed E-state index contributed by atoms with van der Waals surface area (Å²) >= 11 is 0. The topological polar surface area (TPSA) is 186 Å². The molecule has 0 radical (unpaired) electrons. The summed E-state index contributed by atoms with van der Waals surface area (Å²) in [6.45, 7) is 1.57. The molecule has 0 bridgehead atoms. The molecule has 10 nitrogen and oxygen atoms in total. The van der Waals surface area contributed by atoms with Gasteiger partial charge in [0.1, 0.15) is 6.04 Å². The van der Waals surface area contributed by atoms with Gasteiger partial charge in [-0.1, -0.05) is 0 Å². The smallest absolute Gasteiger partial charge is 0.326 e. The molecule has 0 saturated carbocycles. The van der Waals surface area contributed by atoms with Gasteiger partial charge in [-0.05, 0) is 31.0 Å². The first kappa shape index (κ1) is 19.7. The van der Waals surface area contributed by atoms with Crippen molar-refractivity contribution in [1.29, 1.82) is 0 Å². The van der Waals surface area contributed by atoms with E-state index in [1.807, 2.05) is 0 Å². The number of aliphatic imine (C=N–C) groups is 1. The molecule has 0 aliphatic heterocycles. The van der Waals surface area contributed by atoms with Crippen LogP contribution < -0.4 is 27.8 Å². The first-order valence-corrected chi connectivity index (χ1v) is 7.47. The number of amides is 2. The number of nitrogens with one attached hydrogen (secondary N) is 2. The zero-order chi connectivity index (χ0) is 19.0. The standard InChI is InChI=1S/C15H22N6O4/c1-8(22)20-12-7-9(4-5-10(12)16)13(23)21-11(14(24)25)3-2-6-19-15(17)18/h4-5,7,11H,2-3,6,16H2,1H3,(H,20,22)(H,21,23)(H,24,25)(H4,17,18,19). The van der Waals surface area contributed by atoms with E-state index in [-0.39, 0.29) is 36.1 Å². The number of nitrogens with two attached hydrogens (primary N) is 3. The quantitative estimate of drug-likeness (QED) is 0.157. The fourth-order valence-electron chi connectivity index (χ4n) is 2.00. The van der Waals surface area contributed by atoms with Crippen molar-refractivity contribution in [2.24, 2.45) is 16.5 Å². The van der Waals surface area contributed by atoms with E-state index >= 15 is 0 Å². The van der Waals surface area contributed by atoms with Crippen molar-refractivity contribution < 1.29 is 19.5 Å². The van der Waals surface area contributed by atoms with Crippen LogP contribution in [-0.4, -0.2) is 41.4 Å². The molecule has 1 aromatic carbocycles. The highest BCUT2D eigenvalue weighted by Gasteiger charge is 2.20. The van der Waals surface area contributed by atoms with Crippen molar-refractivity contribution in [3.63, 3.8) is 0 Å². The molecule has 25 heavy (non-hydrogen) atoms. The van der Waals surface area contributed by atoms with Gasteiger partial charge in [-0.25, -0.2) is 4.79 Å². The van der Waals surface area contributed by atoms with Crippen LogP contribution in [0.25, 0.3) is 0 Å². The molecule has 0 spiro atoms. The Morgan fingerprint density at radius 1 is 1.28 bits per heavy atom. The normalized spacial score (nSPS) is 11.2. The molecule has 136 valence electrons. The van der Waals surface area contributed by atoms with Gasteiger partial charge in [-0.15, -0.1) is 0 Å². The third kappa shape index (κ3) is 6.77. The van der Waals surface area contributed by atoms with Crippen molar-refractivity contribution in [2.45, 2.75) is 25.8 Å². The number of hydrogen-bond donors (Lipinski definition) is 6. The van der Waals surface area contributed by atoms with Crippen LogP contribution >= 0.6 is 0 Å². The fourth-order valence-corrected chi connectivity index (χ4v) is 2.00. The van der Waals surface area contributed by atoms with Gasteiger partial charge in [0.15, 0.2) is 5.96 Å². The Morgan fingerprint density at radius 3 is 2.52 bits per heavy atom. The van der Waals surface area contributed by atoms with E-state index in [4.69, 9.17) is 17.2 Å². The number of hydrogen-bond acceptors (Lipinski definition) is 5. The minimum absolute atomic E-state index is 0.0803. The first-order valence-electron chi connectivity index (χ1n) is 7.47. The van der Waals surface area contributed by atoms with Crippen LogP contribution in [0.2, 0.25) is 0 Å². The molecule has 1 aromatic rings. The molecular weight excluding hydrogens is 328 g/mol. The Labute approximate surface area is 144 Å². The van der Waals surface area contributed by atoms with Crippen LogP contribution in [0.1, 0.15) is 30.1 Å². The molecular formula is C15H22N6O4. The van der Waals surface area contributed by atoms with Gasteiger partial charge in [0, 0.05) is 19.0 Å². The number of carboxylic acids is 1. The zero-order valence-corrected chi connectivity index (χ0v) is 13.8. The second-order valence-electron chi connectivity index (χ2n) is 5.30. The molecule has 0 heterocycles. The molecule has 0 fully saturated rings. The summed E-state index contributed by atoms with van der Waals surface area (Å²) in [6, 6.07) is 3.18. The van der Waals surface area contributed by atoms with Crippen LogP contribution in [0, 0.1) is 0 Å². The molecule has 1 rings (SSSR count). The Morgan fingerprint density at radius 2 is 1.96 bits per heavy atom. The summed E-state index contributed by atoms with van der Waals surface area (Å²) in [7, 11) is 0. The summed E-state index contributed by atoms with van der Waals surface area (Å²) in [5.41, 5.74) is 16.8. The Bertz CT molecular complexity index is 685. The van der Waals surface area contributed by atoms with Crippen molar-refractivity contribution in [3.05, 3.63) is 23.8 Å².